The number of rotatable bonds is 4. The van der Waals surface area contributed by atoms with Crippen LogP contribution in [0.3, 0.4) is 0 Å². The number of hydrogen-bond acceptors (Lipinski definition) is 4. The average molecular weight is 405 g/mol. The zero-order valence-electron chi connectivity index (χ0n) is 17.6. The molecular weight excluding hydrogens is 378 g/mol. The van der Waals surface area contributed by atoms with E-state index in [1.54, 1.807) is 0 Å². The number of esters is 1. The smallest absolute Gasteiger partial charge is 0.310 e. The summed E-state index contributed by atoms with van der Waals surface area (Å²) in [6, 6.07) is 15.5. The number of benzene rings is 2. The molecule has 3 fully saturated rings. The highest BCUT2D eigenvalue weighted by Crippen LogP contribution is 2.57. The Balaban J connectivity index is 1.22. The Morgan fingerprint density at radius 1 is 1.00 bits per heavy atom. The van der Waals surface area contributed by atoms with Gasteiger partial charge in [0.1, 0.15) is 17.6 Å². The number of anilines is 1. The molecule has 1 aliphatic heterocycles. The summed E-state index contributed by atoms with van der Waals surface area (Å²) in [6.07, 6.45) is 1.80. The number of ether oxygens (including phenoxy) is 2. The van der Waals surface area contributed by atoms with Crippen molar-refractivity contribution in [3.05, 3.63) is 54.1 Å². The lowest BCUT2D eigenvalue weighted by Gasteiger charge is -2.23. The van der Waals surface area contributed by atoms with Crippen LogP contribution in [-0.2, 0) is 19.7 Å². The molecule has 1 N–H and O–H groups in total. The van der Waals surface area contributed by atoms with Gasteiger partial charge < -0.3 is 14.8 Å². The van der Waals surface area contributed by atoms with E-state index in [4.69, 9.17) is 9.47 Å². The first kappa shape index (κ1) is 19.2. The van der Waals surface area contributed by atoms with Crippen molar-refractivity contribution in [3.8, 4) is 11.5 Å². The Kier molecular flexibility index (Phi) is 4.38. The second-order valence-corrected chi connectivity index (χ2v) is 9.81. The van der Waals surface area contributed by atoms with Gasteiger partial charge in [0.25, 0.3) is 0 Å². The molecule has 0 unspecified atom stereocenters. The van der Waals surface area contributed by atoms with E-state index in [2.05, 4.69) is 38.2 Å². The quantitative estimate of drug-likeness (QED) is 0.734. The summed E-state index contributed by atoms with van der Waals surface area (Å²) < 4.78 is 11.4. The summed E-state index contributed by atoms with van der Waals surface area (Å²) in [5.74, 6) is 1.19. The first-order valence-corrected chi connectivity index (χ1v) is 10.7. The van der Waals surface area contributed by atoms with Crippen molar-refractivity contribution < 1.29 is 19.1 Å². The minimum atomic E-state index is -0.265. The van der Waals surface area contributed by atoms with Crippen LogP contribution in [0, 0.1) is 23.7 Å². The van der Waals surface area contributed by atoms with Crippen LogP contribution in [0.5, 0.6) is 11.5 Å². The highest BCUT2D eigenvalue weighted by atomic mass is 16.6. The van der Waals surface area contributed by atoms with Crippen molar-refractivity contribution in [2.45, 2.75) is 45.1 Å². The van der Waals surface area contributed by atoms with E-state index in [1.807, 2.05) is 36.4 Å². The van der Waals surface area contributed by atoms with Gasteiger partial charge in [0.15, 0.2) is 0 Å². The summed E-state index contributed by atoms with van der Waals surface area (Å²) in [5, 5.41) is 2.98. The lowest BCUT2D eigenvalue weighted by Crippen LogP contribution is -2.35. The summed E-state index contributed by atoms with van der Waals surface area (Å²) in [5.41, 5.74) is 2.07. The second kappa shape index (κ2) is 6.86. The van der Waals surface area contributed by atoms with E-state index >= 15 is 0 Å². The van der Waals surface area contributed by atoms with Gasteiger partial charge >= 0.3 is 5.97 Å². The van der Waals surface area contributed by atoms with Crippen LogP contribution in [0.25, 0.3) is 0 Å². The van der Waals surface area contributed by atoms with Gasteiger partial charge in [0.2, 0.25) is 5.91 Å². The molecule has 5 atom stereocenters. The molecule has 0 aromatic heterocycles. The maximum atomic E-state index is 12.9. The first-order valence-electron chi connectivity index (χ1n) is 10.7. The monoisotopic (exact) mass is 405 g/mol. The predicted octanol–water partition coefficient (Wildman–Crippen LogP) is 4.91. The highest BCUT2D eigenvalue weighted by molar-refractivity contribution is 5.97. The molecule has 156 valence electrons. The van der Waals surface area contributed by atoms with Crippen LogP contribution in [-0.4, -0.2) is 18.0 Å². The lowest BCUT2D eigenvalue weighted by atomic mass is 9.79. The number of amides is 1. The van der Waals surface area contributed by atoms with E-state index in [0.29, 0.717) is 11.4 Å². The van der Waals surface area contributed by atoms with E-state index < -0.39 is 0 Å². The van der Waals surface area contributed by atoms with Gasteiger partial charge in [0.05, 0.1) is 11.8 Å². The van der Waals surface area contributed by atoms with Crippen molar-refractivity contribution in [3.63, 3.8) is 0 Å². The molecule has 0 radical (unpaired) electrons. The fraction of sp³-hybridized carbons (Fsp3) is 0.440. The van der Waals surface area contributed by atoms with E-state index in [0.717, 1.165) is 18.6 Å². The van der Waals surface area contributed by atoms with E-state index in [-0.39, 0.29) is 47.1 Å². The Morgan fingerprint density at radius 2 is 1.63 bits per heavy atom. The molecule has 2 saturated carbocycles. The molecule has 5 nitrogen and oxygen atoms in total. The topological polar surface area (TPSA) is 64.6 Å². The van der Waals surface area contributed by atoms with Gasteiger partial charge in [-0.1, -0.05) is 32.9 Å². The molecule has 5 rings (SSSR count). The van der Waals surface area contributed by atoms with Crippen LogP contribution in [0.1, 0.15) is 39.2 Å². The van der Waals surface area contributed by atoms with Gasteiger partial charge in [-0.15, -0.1) is 0 Å². The molecule has 1 amide bonds. The third kappa shape index (κ3) is 3.26. The third-order valence-electron chi connectivity index (χ3n) is 6.86. The van der Waals surface area contributed by atoms with Crippen molar-refractivity contribution in [2.75, 3.05) is 5.32 Å². The molecule has 2 aliphatic carbocycles. The van der Waals surface area contributed by atoms with Gasteiger partial charge in [0, 0.05) is 11.6 Å². The summed E-state index contributed by atoms with van der Waals surface area (Å²) in [6.45, 7) is 6.54. The van der Waals surface area contributed by atoms with E-state index in [9.17, 15) is 9.59 Å². The normalized spacial score (nSPS) is 29.0. The maximum absolute atomic E-state index is 12.9. The van der Waals surface area contributed by atoms with Crippen molar-refractivity contribution in [1.82, 2.24) is 0 Å². The number of fused-ring (bicyclic) bond motifs is 1. The standard InChI is InChI=1S/C25H27NO4/c1-25(2,3)15-4-8-17(9-5-15)29-18-10-6-16(7-11-18)26-23(27)21-14-12-19-20(13-14)30-24(28)22(19)21/h4-11,14,19-22H,12-13H2,1-3H3,(H,26,27)/t14-,19+,20-,21+,22+/m1/s1. The minimum absolute atomic E-state index is 0.0467. The molecule has 30 heavy (non-hydrogen) atoms. The number of carbonyl (C=O) groups is 2. The largest absolute Gasteiger partial charge is 0.462 e. The van der Waals surface area contributed by atoms with Crippen LogP contribution < -0.4 is 10.1 Å². The summed E-state index contributed by atoms with van der Waals surface area (Å²) in [4.78, 5) is 25.0. The Bertz CT molecular complexity index is 972. The molecule has 5 heteroatoms. The minimum Gasteiger partial charge on any atom is -0.462 e. The number of hydrogen-bond donors (Lipinski definition) is 1. The van der Waals surface area contributed by atoms with Crippen LogP contribution in [0.15, 0.2) is 48.5 Å². The molecule has 2 aromatic carbocycles. The zero-order valence-corrected chi connectivity index (χ0v) is 17.6. The maximum Gasteiger partial charge on any atom is 0.310 e. The van der Waals surface area contributed by atoms with Crippen LogP contribution >= 0.6 is 0 Å². The predicted molar refractivity (Wildman–Crippen MR) is 113 cm³/mol. The number of carbonyl (C=O) groups excluding carboxylic acids is 2. The van der Waals surface area contributed by atoms with Gasteiger partial charge in [-0.3, -0.25) is 9.59 Å². The number of nitrogens with one attached hydrogen (secondary N) is 1. The van der Waals surface area contributed by atoms with Crippen molar-refractivity contribution in [1.29, 1.82) is 0 Å². The fourth-order valence-electron chi connectivity index (χ4n) is 5.35. The molecule has 1 saturated heterocycles. The molecule has 2 aromatic rings. The van der Waals surface area contributed by atoms with Gasteiger partial charge in [-0.2, -0.15) is 0 Å². The molecule has 0 spiro atoms. The van der Waals surface area contributed by atoms with Crippen molar-refractivity contribution >= 4 is 17.6 Å². The molecule has 2 bridgehead atoms. The fourth-order valence-corrected chi connectivity index (χ4v) is 5.35. The lowest BCUT2D eigenvalue weighted by molar-refractivity contribution is -0.145. The highest BCUT2D eigenvalue weighted by Gasteiger charge is 2.63. The SMILES string of the molecule is CC(C)(C)c1ccc(Oc2ccc(NC(=O)[C@H]3[C@@H]4C[C@@H]5[C@@H]3C(=O)O[C@@H]5C4)cc2)cc1. The first-order chi connectivity index (χ1) is 14.3. The van der Waals surface area contributed by atoms with Crippen LogP contribution in [0.4, 0.5) is 5.69 Å². The van der Waals surface area contributed by atoms with E-state index in [1.165, 1.54) is 5.56 Å². The van der Waals surface area contributed by atoms with Crippen LogP contribution in [0.2, 0.25) is 0 Å². The average Bonchev–Trinajstić information content (AvgIpc) is 3.32. The third-order valence-corrected chi connectivity index (χ3v) is 6.86. The zero-order chi connectivity index (χ0) is 21.0. The Labute approximate surface area is 176 Å². The molecule has 3 aliphatic rings. The summed E-state index contributed by atoms with van der Waals surface area (Å²) in [7, 11) is 0. The van der Waals surface area contributed by atoms with Gasteiger partial charge in [-0.25, -0.2) is 0 Å². The second-order valence-electron chi connectivity index (χ2n) is 9.81. The Hall–Kier alpha value is -2.82. The molecular formula is C25H27NO4. The van der Waals surface area contributed by atoms with Gasteiger partial charge in [-0.05, 0) is 66.1 Å². The Morgan fingerprint density at radius 3 is 2.27 bits per heavy atom. The summed E-state index contributed by atoms with van der Waals surface area (Å²) >= 11 is 0. The van der Waals surface area contributed by atoms with Crippen molar-refractivity contribution in [2.24, 2.45) is 23.7 Å². The molecule has 1 heterocycles.